The first kappa shape index (κ1) is 16.4. The van der Waals surface area contributed by atoms with E-state index in [0.717, 1.165) is 0 Å². The molecule has 8 heteroatoms. The highest BCUT2D eigenvalue weighted by molar-refractivity contribution is 6.02. The van der Waals surface area contributed by atoms with Crippen LogP contribution in [-0.2, 0) is 14.3 Å². The second-order valence-corrected chi connectivity index (χ2v) is 3.82. The molecule has 0 bridgehead atoms. The van der Waals surface area contributed by atoms with Crippen molar-refractivity contribution in [2.24, 2.45) is 0 Å². The number of aliphatic carboxylic acids is 1. The third-order valence-corrected chi connectivity index (χ3v) is 2.15. The van der Waals surface area contributed by atoms with Crippen LogP contribution < -0.4 is 15.4 Å². The monoisotopic (exact) mass is 296 g/mol. The summed E-state index contributed by atoms with van der Waals surface area (Å²) in [5.41, 5.74) is 0.413. The lowest BCUT2D eigenvalue weighted by Gasteiger charge is -2.11. The molecule has 0 aliphatic heterocycles. The first-order valence-electron chi connectivity index (χ1n) is 6.15. The van der Waals surface area contributed by atoms with Crippen LogP contribution in [0, 0.1) is 0 Å². The number of carboxylic acid groups (broad SMARTS) is 1. The van der Waals surface area contributed by atoms with Crippen molar-refractivity contribution < 1.29 is 29.0 Å². The minimum atomic E-state index is -1.20. The number of nitrogens with one attached hydrogen (secondary N) is 2. The Morgan fingerprint density at radius 2 is 1.90 bits per heavy atom. The van der Waals surface area contributed by atoms with Crippen LogP contribution in [0.2, 0.25) is 0 Å². The first-order valence-corrected chi connectivity index (χ1v) is 6.15. The number of carboxylic acids is 1. The highest BCUT2D eigenvalue weighted by Crippen LogP contribution is 2.23. The Bertz CT molecular complexity index is 517. The van der Waals surface area contributed by atoms with Gasteiger partial charge in [0.1, 0.15) is 19.0 Å². The van der Waals surface area contributed by atoms with Gasteiger partial charge in [-0.2, -0.15) is 0 Å². The van der Waals surface area contributed by atoms with Crippen LogP contribution in [0.3, 0.4) is 0 Å². The quantitative estimate of drug-likeness (QED) is 0.687. The number of imide groups is 1. The fraction of sp³-hybridized carbons (Fsp3) is 0.308. The summed E-state index contributed by atoms with van der Waals surface area (Å²) in [4.78, 5) is 33.1. The van der Waals surface area contributed by atoms with E-state index in [9.17, 15) is 14.4 Å². The van der Waals surface area contributed by atoms with Gasteiger partial charge in [-0.15, -0.1) is 0 Å². The Balaban J connectivity index is 2.46. The third kappa shape index (κ3) is 6.39. The number of carbonyl (C=O) groups is 3. The van der Waals surface area contributed by atoms with E-state index in [2.05, 4.69) is 10.1 Å². The highest BCUT2D eigenvalue weighted by Gasteiger charge is 2.11. The lowest BCUT2D eigenvalue weighted by atomic mass is 10.3. The molecule has 0 aliphatic carbocycles. The molecule has 0 aliphatic rings. The summed E-state index contributed by atoms with van der Waals surface area (Å²) < 4.78 is 9.87. The molecule has 3 N–H and O–H groups in total. The summed E-state index contributed by atoms with van der Waals surface area (Å²) in [6, 6.07) is 5.99. The molecule has 0 saturated heterocycles. The molecule has 3 amide bonds. The Kier molecular flexibility index (Phi) is 6.69. The number of hydrogen-bond acceptors (Lipinski definition) is 5. The Morgan fingerprint density at radius 1 is 1.19 bits per heavy atom. The number of rotatable bonds is 7. The van der Waals surface area contributed by atoms with Crippen molar-refractivity contribution in [3.8, 4) is 5.75 Å². The SMILES string of the molecule is CCOc1ccccc1NC(=O)NC(=O)COCC(=O)O. The van der Waals surface area contributed by atoms with E-state index >= 15 is 0 Å². The van der Waals surface area contributed by atoms with E-state index in [0.29, 0.717) is 18.0 Å². The van der Waals surface area contributed by atoms with Gasteiger partial charge in [0, 0.05) is 0 Å². The van der Waals surface area contributed by atoms with Crippen LogP contribution in [0.4, 0.5) is 10.5 Å². The number of urea groups is 1. The van der Waals surface area contributed by atoms with E-state index in [1.54, 1.807) is 31.2 Å². The molecule has 114 valence electrons. The number of hydrogen-bond donors (Lipinski definition) is 3. The van der Waals surface area contributed by atoms with Gasteiger partial charge in [0.15, 0.2) is 0 Å². The number of anilines is 1. The number of amides is 3. The van der Waals surface area contributed by atoms with Crippen LogP contribution >= 0.6 is 0 Å². The third-order valence-electron chi connectivity index (χ3n) is 2.15. The first-order chi connectivity index (χ1) is 10.0. The number of para-hydroxylation sites is 2. The average molecular weight is 296 g/mol. The molecule has 1 aromatic rings. The van der Waals surface area contributed by atoms with Crippen LogP contribution in [0.1, 0.15) is 6.92 Å². The van der Waals surface area contributed by atoms with Crippen molar-refractivity contribution in [2.75, 3.05) is 25.1 Å². The fourth-order valence-corrected chi connectivity index (χ4v) is 1.40. The molecule has 21 heavy (non-hydrogen) atoms. The van der Waals surface area contributed by atoms with Crippen LogP contribution in [0.5, 0.6) is 5.75 Å². The van der Waals surface area contributed by atoms with E-state index in [1.165, 1.54) is 0 Å². The molecule has 1 rings (SSSR count). The minimum absolute atomic E-state index is 0.413. The maximum absolute atomic E-state index is 11.6. The van der Waals surface area contributed by atoms with Gasteiger partial charge in [-0.1, -0.05) is 12.1 Å². The van der Waals surface area contributed by atoms with E-state index in [4.69, 9.17) is 9.84 Å². The zero-order valence-corrected chi connectivity index (χ0v) is 11.4. The number of ether oxygens (including phenoxy) is 2. The standard InChI is InChI=1S/C13H16N2O6/c1-2-21-10-6-4-3-5-9(10)14-13(19)15-11(16)7-20-8-12(17)18/h3-6H,2,7-8H2,1H3,(H,17,18)(H2,14,15,16,19). The van der Waals surface area contributed by atoms with Gasteiger partial charge in [0.2, 0.25) is 0 Å². The predicted molar refractivity (Wildman–Crippen MR) is 73.2 cm³/mol. The molecule has 0 radical (unpaired) electrons. The van der Waals surface area contributed by atoms with Gasteiger partial charge >= 0.3 is 12.0 Å². The van der Waals surface area contributed by atoms with E-state index in [-0.39, 0.29) is 0 Å². The molecule has 0 spiro atoms. The van der Waals surface area contributed by atoms with Gasteiger partial charge in [-0.25, -0.2) is 9.59 Å². The minimum Gasteiger partial charge on any atom is -0.492 e. The molecule has 0 saturated carbocycles. The molecule has 0 unspecified atom stereocenters. The molecule has 0 aromatic heterocycles. The summed E-state index contributed by atoms with van der Waals surface area (Å²) >= 11 is 0. The van der Waals surface area contributed by atoms with Crippen molar-refractivity contribution in [2.45, 2.75) is 6.92 Å². The van der Waals surface area contributed by atoms with E-state index < -0.39 is 31.1 Å². The Hall–Kier alpha value is -2.61. The molecular formula is C13H16N2O6. The van der Waals surface area contributed by atoms with Crippen LogP contribution in [-0.4, -0.2) is 42.8 Å². The largest absolute Gasteiger partial charge is 0.492 e. The predicted octanol–water partition coefficient (Wildman–Crippen LogP) is 0.835. The highest BCUT2D eigenvalue weighted by atomic mass is 16.5. The molecule has 1 aromatic carbocycles. The second-order valence-electron chi connectivity index (χ2n) is 3.82. The smallest absolute Gasteiger partial charge is 0.329 e. The summed E-state index contributed by atoms with van der Waals surface area (Å²) in [6.45, 7) is 1.11. The molecule has 0 fully saturated rings. The van der Waals surface area contributed by atoms with Crippen molar-refractivity contribution in [3.05, 3.63) is 24.3 Å². The molecule has 8 nitrogen and oxygen atoms in total. The summed E-state index contributed by atoms with van der Waals surface area (Å²) in [7, 11) is 0. The fourth-order valence-electron chi connectivity index (χ4n) is 1.40. The lowest BCUT2D eigenvalue weighted by molar-refractivity contribution is -0.143. The van der Waals surface area contributed by atoms with Gasteiger partial charge in [0.05, 0.1) is 12.3 Å². The number of benzene rings is 1. The summed E-state index contributed by atoms with van der Waals surface area (Å²) in [5.74, 6) is -1.47. The summed E-state index contributed by atoms with van der Waals surface area (Å²) in [6.07, 6.45) is 0. The zero-order chi connectivity index (χ0) is 15.7. The Morgan fingerprint density at radius 3 is 2.57 bits per heavy atom. The second kappa shape index (κ2) is 8.54. The maximum Gasteiger partial charge on any atom is 0.329 e. The van der Waals surface area contributed by atoms with Crippen molar-refractivity contribution in [1.29, 1.82) is 0 Å². The van der Waals surface area contributed by atoms with E-state index in [1.807, 2.05) is 5.32 Å². The normalized spacial score (nSPS) is 9.76. The van der Waals surface area contributed by atoms with Gasteiger partial charge in [0.25, 0.3) is 5.91 Å². The van der Waals surface area contributed by atoms with Crippen molar-refractivity contribution in [3.63, 3.8) is 0 Å². The summed E-state index contributed by atoms with van der Waals surface area (Å²) in [5, 5.41) is 12.8. The topological polar surface area (TPSA) is 114 Å². The number of carbonyl (C=O) groups excluding carboxylic acids is 2. The average Bonchev–Trinajstić information content (AvgIpc) is 2.40. The maximum atomic E-state index is 11.6. The van der Waals surface area contributed by atoms with Crippen LogP contribution in [0.25, 0.3) is 0 Å². The van der Waals surface area contributed by atoms with Gasteiger partial charge < -0.3 is 19.9 Å². The van der Waals surface area contributed by atoms with Gasteiger partial charge in [-0.3, -0.25) is 10.1 Å². The van der Waals surface area contributed by atoms with Crippen molar-refractivity contribution >= 4 is 23.6 Å². The zero-order valence-electron chi connectivity index (χ0n) is 11.4. The molecule has 0 atom stereocenters. The molecular weight excluding hydrogens is 280 g/mol. The molecule has 0 heterocycles. The van der Waals surface area contributed by atoms with Crippen LogP contribution in [0.15, 0.2) is 24.3 Å². The van der Waals surface area contributed by atoms with Crippen molar-refractivity contribution in [1.82, 2.24) is 5.32 Å². The Labute approximate surface area is 121 Å². The lowest BCUT2D eigenvalue weighted by Crippen LogP contribution is -2.37. The van der Waals surface area contributed by atoms with Gasteiger partial charge in [-0.05, 0) is 19.1 Å².